The molecular weight excluding hydrogens is 190 g/mol. The Morgan fingerprint density at radius 1 is 1.31 bits per heavy atom. The van der Waals surface area contributed by atoms with Crippen LogP contribution in [0.3, 0.4) is 0 Å². The van der Waals surface area contributed by atoms with Gasteiger partial charge in [-0.2, -0.15) is 0 Å². The summed E-state index contributed by atoms with van der Waals surface area (Å²) in [5, 5.41) is 11.9. The number of carbonyl (C=O) groups is 1. The van der Waals surface area contributed by atoms with Crippen LogP contribution < -0.4 is 5.32 Å². The fourth-order valence-corrected chi connectivity index (χ4v) is 2.56. The van der Waals surface area contributed by atoms with Crippen LogP contribution in [-0.2, 0) is 4.79 Å². The Bertz CT molecular complexity index is 202. The molecular formula is C9H16ClNO2. The number of rotatable bonds is 1. The molecule has 76 valence electrons. The molecule has 2 N–H and O–H groups in total. The average Bonchev–Trinajstić information content (AvgIpc) is 2.03. The number of nitrogens with one attached hydrogen (secondary N) is 1. The zero-order chi connectivity index (χ0) is 8.60. The number of carboxylic acids is 1. The van der Waals surface area contributed by atoms with E-state index in [-0.39, 0.29) is 23.9 Å². The molecule has 1 heterocycles. The van der Waals surface area contributed by atoms with Gasteiger partial charge in [0.1, 0.15) is 6.04 Å². The van der Waals surface area contributed by atoms with Crippen molar-refractivity contribution in [2.24, 2.45) is 5.41 Å². The Kier molecular flexibility index (Phi) is 3.19. The first-order valence-corrected chi connectivity index (χ1v) is 4.71. The van der Waals surface area contributed by atoms with Crippen molar-refractivity contribution < 1.29 is 9.90 Å². The van der Waals surface area contributed by atoms with E-state index in [4.69, 9.17) is 5.11 Å². The maximum absolute atomic E-state index is 10.8. The summed E-state index contributed by atoms with van der Waals surface area (Å²) >= 11 is 0. The second kappa shape index (κ2) is 3.84. The van der Waals surface area contributed by atoms with Crippen molar-refractivity contribution >= 4 is 18.4 Å². The summed E-state index contributed by atoms with van der Waals surface area (Å²) in [5.74, 6) is -0.664. The summed E-state index contributed by atoms with van der Waals surface area (Å²) in [6.07, 6.45) is 5.93. The molecule has 4 heteroatoms. The lowest BCUT2D eigenvalue weighted by Gasteiger charge is -2.50. The molecule has 0 radical (unpaired) electrons. The minimum absolute atomic E-state index is 0. The van der Waals surface area contributed by atoms with E-state index in [0.29, 0.717) is 0 Å². The summed E-state index contributed by atoms with van der Waals surface area (Å²) in [5.41, 5.74) is 0.129. The van der Waals surface area contributed by atoms with E-state index in [9.17, 15) is 4.79 Å². The van der Waals surface area contributed by atoms with Crippen LogP contribution in [0.15, 0.2) is 0 Å². The second-order valence-corrected chi connectivity index (χ2v) is 4.08. The minimum atomic E-state index is -0.664. The van der Waals surface area contributed by atoms with Crippen LogP contribution in [0, 0.1) is 5.41 Å². The van der Waals surface area contributed by atoms with Gasteiger partial charge >= 0.3 is 5.97 Å². The summed E-state index contributed by atoms with van der Waals surface area (Å²) < 4.78 is 0. The highest BCUT2D eigenvalue weighted by Crippen LogP contribution is 2.43. The van der Waals surface area contributed by atoms with Crippen molar-refractivity contribution in [1.29, 1.82) is 0 Å². The summed E-state index contributed by atoms with van der Waals surface area (Å²) in [4.78, 5) is 10.8. The highest BCUT2D eigenvalue weighted by atomic mass is 35.5. The Hall–Kier alpha value is -0.280. The molecule has 3 nitrogen and oxygen atoms in total. The molecule has 0 bridgehead atoms. The van der Waals surface area contributed by atoms with Gasteiger partial charge in [0.25, 0.3) is 0 Å². The van der Waals surface area contributed by atoms with Gasteiger partial charge in [-0.3, -0.25) is 4.79 Å². The van der Waals surface area contributed by atoms with Gasteiger partial charge in [-0.05, 0) is 12.8 Å². The van der Waals surface area contributed by atoms with Crippen molar-refractivity contribution in [2.75, 3.05) is 6.54 Å². The molecule has 1 unspecified atom stereocenters. The van der Waals surface area contributed by atoms with Gasteiger partial charge < -0.3 is 10.4 Å². The number of aliphatic carboxylic acids is 1. The predicted octanol–water partition coefficient (Wildman–Crippen LogP) is 1.42. The lowest BCUT2D eigenvalue weighted by atomic mass is 9.64. The smallest absolute Gasteiger partial charge is 0.321 e. The lowest BCUT2D eigenvalue weighted by Crippen LogP contribution is -2.66. The molecule has 1 spiro atoms. The molecule has 0 aromatic rings. The van der Waals surface area contributed by atoms with Crippen LogP contribution in [0.2, 0.25) is 0 Å². The van der Waals surface area contributed by atoms with Crippen LogP contribution in [0.5, 0.6) is 0 Å². The van der Waals surface area contributed by atoms with Crippen LogP contribution >= 0.6 is 12.4 Å². The maximum atomic E-state index is 10.8. The fraction of sp³-hybridized carbons (Fsp3) is 0.889. The number of halogens is 1. The molecule has 1 atom stereocenters. The number of carboxylic acid groups (broad SMARTS) is 1. The minimum Gasteiger partial charge on any atom is -0.480 e. The van der Waals surface area contributed by atoms with Gasteiger partial charge in [0, 0.05) is 12.0 Å². The highest BCUT2D eigenvalue weighted by Gasteiger charge is 2.50. The van der Waals surface area contributed by atoms with Gasteiger partial charge in [0.15, 0.2) is 0 Å². The van der Waals surface area contributed by atoms with E-state index in [2.05, 4.69) is 5.32 Å². The van der Waals surface area contributed by atoms with Crippen LogP contribution in [0.25, 0.3) is 0 Å². The standard InChI is InChI=1S/C9H15NO2.ClH/c11-8(12)7-9(6-10-7)4-2-1-3-5-9;/h7,10H,1-6H2,(H,11,12);1H. The normalized spacial score (nSPS) is 30.3. The first-order valence-electron chi connectivity index (χ1n) is 4.71. The van der Waals surface area contributed by atoms with Gasteiger partial charge in [-0.1, -0.05) is 19.3 Å². The predicted molar refractivity (Wildman–Crippen MR) is 52.2 cm³/mol. The molecule has 0 aromatic heterocycles. The van der Waals surface area contributed by atoms with E-state index >= 15 is 0 Å². The van der Waals surface area contributed by atoms with E-state index < -0.39 is 5.97 Å². The van der Waals surface area contributed by atoms with Gasteiger partial charge in [-0.25, -0.2) is 0 Å². The van der Waals surface area contributed by atoms with Gasteiger partial charge in [-0.15, -0.1) is 12.4 Å². The van der Waals surface area contributed by atoms with Crippen LogP contribution in [-0.4, -0.2) is 23.7 Å². The summed E-state index contributed by atoms with van der Waals surface area (Å²) in [6, 6.07) is -0.252. The SMILES string of the molecule is Cl.O=C(O)C1NCC12CCCCC2. The molecule has 2 fully saturated rings. The average molecular weight is 206 g/mol. The molecule has 1 saturated heterocycles. The molecule has 2 aliphatic rings. The largest absolute Gasteiger partial charge is 0.480 e. The van der Waals surface area contributed by atoms with Gasteiger partial charge in [0.05, 0.1) is 0 Å². The van der Waals surface area contributed by atoms with Crippen molar-refractivity contribution in [2.45, 2.75) is 38.1 Å². The van der Waals surface area contributed by atoms with E-state index in [1.807, 2.05) is 0 Å². The number of hydrogen-bond acceptors (Lipinski definition) is 2. The first-order chi connectivity index (χ1) is 5.75. The molecule has 1 saturated carbocycles. The third-order valence-corrected chi connectivity index (χ3v) is 3.37. The molecule has 0 aromatic carbocycles. The lowest BCUT2D eigenvalue weighted by molar-refractivity contribution is -0.149. The van der Waals surface area contributed by atoms with Crippen LogP contribution in [0.1, 0.15) is 32.1 Å². The Morgan fingerprint density at radius 3 is 2.31 bits per heavy atom. The Balaban J connectivity index is 0.000000845. The maximum Gasteiger partial charge on any atom is 0.321 e. The monoisotopic (exact) mass is 205 g/mol. The summed E-state index contributed by atoms with van der Waals surface area (Å²) in [7, 11) is 0. The molecule has 2 rings (SSSR count). The first kappa shape index (κ1) is 10.8. The molecule has 1 aliphatic carbocycles. The molecule has 0 amide bonds. The van der Waals surface area contributed by atoms with Crippen molar-refractivity contribution in [3.63, 3.8) is 0 Å². The molecule has 1 aliphatic heterocycles. The quantitative estimate of drug-likeness (QED) is 0.681. The second-order valence-electron chi connectivity index (χ2n) is 4.08. The van der Waals surface area contributed by atoms with Gasteiger partial charge in [0.2, 0.25) is 0 Å². The fourth-order valence-electron chi connectivity index (χ4n) is 2.56. The number of hydrogen-bond donors (Lipinski definition) is 2. The third kappa shape index (κ3) is 1.67. The summed E-state index contributed by atoms with van der Waals surface area (Å²) in [6.45, 7) is 0.921. The Morgan fingerprint density at radius 2 is 1.92 bits per heavy atom. The van der Waals surface area contributed by atoms with E-state index in [1.165, 1.54) is 19.3 Å². The third-order valence-electron chi connectivity index (χ3n) is 3.37. The highest BCUT2D eigenvalue weighted by molar-refractivity contribution is 5.85. The van der Waals surface area contributed by atoms with Crippen molar-refractivity contribution in [1.82, 2.24) is 5.32 Å². The zero-order valence-corrected chi connectivity index (χ0v) is 8.40. The zero-order valence-electron chi connectivity index (χ0n) is 7.58. The van der Waals surface area contributed by atoms with Crippen LogP contribution in [0.4, 0.5) is 0 Å². The Labute approximate surface area is 84.3 Å². The molecule has 13 heavy (non-hydrogen) atoms. The topological polar surface area (TPSA) is 49.3 Å². The van der Waals surface area contributed by atoms with Crippen molar-refractivity contribution in [3.05, 3.63) is 0 Å². The van der Waals surface area contributed by atoms with E-state index in [1.54, 1.807) is 0 Å². The van der Waals surface area contributed by atoms with Crippen molar-refractivity contribution in [3.8, 4) is 0 Å². The van der Waals surface area contributed by atoms with E-state index in [0.717, 1.165) is 19.4 Å².